The van der Waals surface area contributed by atoms with E-state index >= 15 is 0 Å². The molecule has 0 aliphatic heterocycles. The molecule has 1 aromatic carbocycles. The highest BCUT2D eigenvalue weighted by molar-refractivity contribution is 5.95. The third kappa shape index (κ3) is 4.27. The number of benzene rings is 1. The highest BCUT2D eigenvalue weighted by Crippen LogP contribution is 2.21. The van der Waals surface area contributed by atoms with Gasteiger partial charge in [0.15, 0.2) is 0 Å². The molecule has 0 spiro atoms. The summed E-state index contributed by atoms with van der Waals surface area (Å²) in [5, 5.41) is 6.39. The first-order valence-electron chi connectivity index (χ1n) is 7.14. The maximum absolute atomic E-state index is 11.9. The van der Waals surface area contributed by atoms with Gasteiger partial charge in [0, 0.05) is 23.8 Å². The van der Waals surface area contributed by atoms with E-state index in [2.05, 4.69) is 38.3 Å². The number of rotatable bonds is 6. The summed E-state index contributed by atoms with van der Waals surface area (Å²) in [6, 6.07) is 6.26. The van der Waals surface area contributed by atoms with Crippen LogP contribution in [0.4, 0.5) is 5.69 Å². The minimum absolute atomic E-state index is 0.0110. The summed E-state index contributed by atoms with van der Waals surface area (Å²) < 4.78 is 0. The Morgan fingerprint density at radius 1 is 1.26 bits per heavy atom. The van der Waals surface area contributed by atoms with E-state index in [0.29, 0.717) is 24.1 Å². The number of anilines is 1. The van der Waals surface area contributed by atoms with E-state index in [0.717, 1.165) is 12.1 Å². The van der Waals surface area contributed by atoms with Crippen LogP contribution in [0.1, 0.15) is 50.0 Å². The quantitative estimate of drug-likeness (QED) is 0.822. The molecule has 1 amide bonds. The van der Waals surface area contributed by atoms with Crippen LogP contribution < -0.4 is 10.6 Å². The van der Waals surface area contributed by atoms with Crippen molar-refractivity contribution in [1.29, 1.82) is 0 Å². The summed E-state index contributed by atoms with van der Waals surface area (Å²) in [7, 11) is 0. The van der Waals surface area contributed by atoms with Gasteiger partial charge in [-0.15, -0.1) is 0 Å². The Hall–Kier alpha value is -1.51. The fourth-order valence-corrected chi connectivity index (χ4v) is 2.12. The zero-order valence-electron chi connectivity index (χ0n) is 12.7. The number of hydrogen-bond acceptors (Lipinski definition) is 2. The molecule has 0 radical (unpaired) electrons. The standard InChI is InChI=1S/C16H26N2O/c1-6-14(11(3)4)18-15-10-13(9-8-12(15)5)16(19)17-7-2/h8-11,14,18H,6-7H2,1-5H3,(H,17,19). The van der Waals surface area contributed by atoms with Crippen molar-refractivity contribution in [3.05, 3.63) is 29.3 Å². The van der Waals surface area contributed by atoms with Crippen molar-refractivity contribution in [3.63, 3.8) is 0 Å². The SMILES string of the molecule is CCNC(=O)c1ccc(C)c(NC(CC)C(C)C)c1. The van der Waals surface area contributed by atoms with E-state index < -0.39 is 0 Å². The molecule has 0 aliphatic rings. The van der Waals surface area contributed by atoms with E-state index in [4.69, 9.17) is 0 Å². The number of hydrogen-bond donors (Lipinski definition) is 2. The molecule has 19 heavy (non-hydrogen) atoms. The van der Waals surface area contributed by atoms with Crippen LogP contribution in [0.5, 0.6) is 0 Å². The monoisotopic (exact) mass is 262 g/mol. The maximum atomic E-state index is 11.9. The largest absolute Gasteiger partial charge is 0.382 e. The van der Waals surface area contributed by atoms with Gasteiger partial charge >= 0.3 is 0 Å². The topological polar surface area (TPSA) is 41.1 Å². The minimum Gasteiger partial charge on any atom is -0.382 e. The van der Waals surface area contributed by atoms with Crippen LogP contribution in [0.3, 0.4) is 0 Å². The summed E-state index contributed by atoms with van der Waals surface area (Å²) in [4.78, 5) is 11.9. The molecule has 1 unspecified atom stereocenters. The van der Waals surface area contributed by atoms with E-state index in [1.807, 2.05) is 25.1 Å². The van der Waals surface area contributed by atoms with Crippen molar-refractivity contribution >= 4 is 11.6 Å². The van der Waals surface area contributed by atoms with Crippen molar-refractivity contribution in [3.8, 4) is 0 Å². The zero-order chi connectivity index (χ0) is 14.4. The second kappa shape index (κ2) is 7.17. The molecule has 0 saturated heterocycles. The summed E-state index contributed by atoms with van der Waals surface area (Å²) in [5.41, 5.74) is 2.95. The molecule has 0 saturated carbocycles. The lowest BCUT2D eigenvalue weighted by Crippen LogP contribution is -2.26. The highest BCUT2D eigenvalue weighted by Gasteiger charge is 2.13. The summed E-state index contributed by atoms with van der Waals surface area (Å²) in [5.74, 6) is 0.556. The van der Waals surface area contributed by atoms with Crippen LogP contribution in [-0.2, 0) is 0 Å². The number of nitrogens with one attached hydrogen (secondary N) is 2. The number of carbonyl (C=O) groups excluding carboxylic acids is 1. The maximum Gasteiger partial charge on any atom is 0.251 e. The lowest BCUT2D eigenvalue weighted by atomic mass is 10.0. The smallest absolute Gasteiger partial charge is 0.251 e. The molecule has 3 heteroatoms. The van der Waals surface area contributed by atoms with Crippen molar-refractivity contribution < 1.29 is 4.79 Å². The van der Waals surface area contributed by atoms with Gasteiger partial charge in [0.2, 0.25) is 0 Å². The first kappa shape index (κ1) is 15.5. The molecular formula is C16H26N2O. The van der Waals surface area contributed by atoms with Gasteiger partial charge < -0.3 is 10.6 Å². The van der Waals surface area contributed by atoms with Crippen molar-refractivity contribution in [2.24, 2.45) is 5.92 Å². The molecule has 0 fully saturated rings. The molecular weight excluding hydrogens is 236 g/mol. The van der Waals surface area contributed by atoms with Gasteiger partial charge in [-0.25, -0.2) is 0 Å². The van der Waals surface area contributed by atoms with Crippen molar-refractivity contribution in [1.82, 2.24) is 5.32 Å². The summed E-state index contributed by atoms with van der Waals surface area (Å²) >= 11 is 0. The molecule has 2 N–H and O–H groups in total. The lowest BCUT2D eigenvalue weighted by Gasteiger charge is -2.23. The first-order valence-corrected chi connectivity index (χ1v) is 7.14. The van der Waals surface area contributed by atoms with E-state index in [1.54, 1.807) is 0 Å². The fourth-order valence-electron chi connectivity index (χ4n) is 2.12. The minimum atomic E-state index is -0.0110. The van der Waals surface area contributed by atoms with Gasteiger partial charge in [-0.1, -0.05) is 26.8 Å². The Morgan fingerprint density at radius 3 is 2.47 bits per heavy atom. The molecule has 1 aromatic rings. The van der Waals surface area contributed by atoms with Crippen LogP contribution in [0.2, 0.25) is 0 Å². The average Bonchev–Trinajstić information content (AvgIpc) is 2.37. The number of carbonyl (C=O) groups is 1. The lowest BCUT2D eigenvalue weighted by molar-refractivity contribution is 0.0956. The molecule has 0 heterocycles. The number of aryl methyl sites for hydroxylation is 1. The van der Waals surface area contributed by atoms with Crippen molar-refractivity contribution in [2.45, 2.75) is 47.1 Å². The normalized spacial score (nSPS) is 12.3. The van der Waals surface area contributed by atoms with Gasteiger partial charge in [-0.05, 0) is 43.9 Å². The molecule has 0 bridgehead atoms. The third-order valence-corrected chi connectivity index (χ3v) is 3.42. The first-order chi connectivity index (χ1) is 8.99. The Labute approximate surface area is 116 Å². The van der Waals surface area contributed by atoms with E-state index in [1.165, 1.54) is 5.56 Å². The van der Waals surface area contributed by atoms with E-state index in [-0.39, 0.29) is 5.91 Å². The zero-order valence-corrected chi connectivity index (χ0v) is 12.7. The van der Waals surface area contributed by atoms with Gasteiger partial charge in [0.25, 0.3) is 5.91 Å². The Morgan fingerprint density at radius 2 is 1.95 bits per heavy atom. The van der Waals surface area contributed by atoms with E-state index in [9.17, 15) is 4.79 Å². The number of amides is 1. The van der Waals surface area contributed by atoms with Gasteiger partial charge in [-0.2, -0.15) is 0 Å². The second-order valence-electron chi connectivity index (χ2n) is 5.29. The Bertz CT molecular complexity index is 427. The summed E-state index contributed by atoms with van der Waals surface area (Å²) in [6.45, 7) is 11.3. The average molecular weight is 262 g/mol. The van der Waals surface area contributed by atoms with Crippen LogP contribution in [0.25, 0.3) is 0 Å². The van der Waals surface area contributed by atoms with Gasteiger partial charge in [0.05, 0.1) is 0 Å². The molecule has 106 valence electrons. The fraction of sp³-hybridized carbons (Fsp3) is 0.562. The van der Waals surface area contributed by atoms with Crippen LogP contribution in [0, 0.1) is 12.8 Å². The van der Waals surface area contributed by atoms with Crippen LogP contribution in [-0.4, -0.2) is 18.5 Å². The third-order valence-electron chi connectivity index (χ3n) is 3.42. The predicted octanol–water partition coefficient (Wildman–Crippen LogP) is 3.59. The second-order valence-corrected chi connectivity index (χ2v) is 5.29. The van der Waals surface area contributed by atoms with Crippen molar-refractivity contribution in [2.75, 3.05) is 11.9 Å². The molecule has 0 aromatic heterocycles. The molecule has 3 nitrogen and oxygen atoms in total. The van der Waals surface area contributed by atoms with Gasteiger partial charge in [-0.3, -0.25) is 4.79 Å². The molecule has 1 rings (SSSR count). The van der Waals surface area contributed by atoms with Crippen LogP contribution >= 0.6 is 0 Å². The van der Waals surface area contributed by atoms with Crippen LogP contribution in [0.15, 0.2) is 18.2 Å². The van der Waals surface area contributed by atoms with Gasteiger partial charge in [0.1, 0.15) is 0 Å². The predicted molar refractivity (Wildman–Crippen MR) is 81.7 cm³/mol. The Balaban J connectivity index is 2.94. The molecule has 1 atom stereocenters. The summed E-state index contributed by atoms with van der Waals surface area (Å²) in [6.07, 6.45) is 1.07. The Kier molecular flexibility index (Phi) is 5.87. The molecule has 0 aliphatic carbocycles. The highest BCUT2D eigenvalue weighted by atomic mass is 16.1.